The summed E-state index contributed by atoms with van der Waals surface area (Å²) in [6.45, 7) is 6.28. The largest absolute Gasteiger partial charge is 1.00 e. The standard InChI is InChI=1S/C8H18O.CH3.Li/c1-3-5-7-9-8-6-4-2;;/h3-8H2,1-2H3;1H3;/q;-1;+1. The van der Waals surface area contributed by atoms with E-state index in [-0.39, 0.29) is 26.3 Å². The molecule has 64 valence electrons. The van der Waals surface area contributed by atoms with Gasteiger partial charge in [-0.2, -0.15) is 0 Å². The Kier molecular flexibility index (Phi) is 27.0. The molecule has 0 bridgehead atoms. The first-order chi connectivity index (χ1) is 4.41. The smallest absolute Gasteiger partial charge is 0.381 e. The molecule has 0 radical (unpaired) electrons. The van der Waals surface area contributed by atoms with Gasteiger partial charge in [-0.3, -0.25) is 0 Å². The zero-order valence-electron chi connectivity index (χ0n) is 8.65. The molecule has 0 aromatic heterocycles. The van der Waals surface area contributed by atoms with Crippen molar-refractivity contribution in [2.24, 2.45) is 0 Å². The fourth-order valence-corrected chi connectivity index (χ4v) is 0.595. The number of hydrogen-bond acceptors (Lipinski definition) is 1. The van der Waals surface area contributed by atoms with Crippen LogP contribution in [0.25, 0.3) is 0 Å². The van der Waals surface area contributed by atoms with Gasteiger partial charge in [0.25, 0.3) is 0 Å². The summed E-state index contributed by atoms with van der Waals surface area (Å²) in [5.74, 6) is 0. The topological polar surface area (TPSA) is 9.23 Å². The van der Waals surface area contributed by atoms with Gasteiger partial charge in [-0.05, 0) is 12.8 Å². The predicted octanol–water partition coefficient (Wildman–Crippen LogP) is 0.0575. The van der Waals surface area contributed by atoms with Crippen molar-refractivity contribution >= 4 is 0 Å². The molecule has 0 rings (SSSR count). The minimum absolute atomic E-state index is 0. The van der Waals surface area contributed by atoms with Crippen molar-refractivity contribution in [2.75, 3.05) is 13.2 Å². The Morgan fingerprint density at radius 2 is 1.27 bits per heavy atom. The molecule has 0 saturated carbocycles. The molecule has 0 spiro atoms. The van der Waals surface area contributed by atoms with Gasteiger partial charge in [-0.25, -0.2) is 0 Å². The molecule has 2 heteroatoms. The van der Waals surface area contributed by atoms with Crippen LogP contribution in [0.1, 0.15) is 39.5 Å². The molecule has 0 fully saturated rings. The average Bonchev–Trinajstić information content (AvgIpc) is 1.89. The fourth-order valence-electron chi connectivity index (χ4n) is 0.595. The monoisotopic (exact) mass is 152 g/mol. The van der Waals surface area contributed by atoms with Crippen LogP contribution in [0, 0.1) is 7.43 Å². The van der Waals surface area contributed by atoms with Gasteiger partial charge in [-0.1, -0.05) is 26.7 Å². The number of hydrogen-bond donors (Lipinski definition) is 0. The van der Waals surface area contributed by atoms with Gasteiger partial charge in [0.1, 0.15) is 0 Å². The maximum atomic E-state index is 5.31. The van der Waals surface area contributed by atoms with E-state index in [9.17, 15) is 0 Å². The minimum Gasteiger partial charge on any atom is -0.381 e. The van der Waals surface area contributed by atoms with Crippen molar-refractivity contribution in [2.45, 2.75) is 39.5 Å². The number of ether oxygens (including phenoxy) is 1. The second-order valence-electron chi connectivity index (χ2n) is 2.32. The van der Waals surface area contributed by atoms with Gasteiger partial charge in [0.05, 0.1) is 0 Å². The zero-order chi connectivity index (χ0) is 6.95. The summed E-state index contributed by atoms with van der Waals surface area (Å²) in [7, 11) is 0. The van der Waals surface area contributed by atoms with Crippen LogP contribution in [0.2, 0.25) is 0 Å². The summed E-state index contributed by atoms with van der Waals surface area (Å²) in [4.78, 5) is 0. The Labute approximate surface area is 84.1 Å². The van der Waals surface area contributed by atoms with E-state index in [2.05, 4.69) is 13.8 Å². The molecule has 0 amide bonds. The van der Waals surface area contributed by atoms with Crippen LogP contribution in [0.3, 0.4) is 0 Å². The third kappa shape index (κ3) is 18.0. The van der Waals surface area contributed by atoms with E-state index < -0.39 is 0 Å². The van der Waals surface area contributed by atoms with Gasteiger partial charge in [-0.15, -0.1) is 0 Å². The van der Waals surface area contributed by atoms with Crippen molar-refractivity contribution in [3.63, 3.8) is 0 Å². The van der Waals surface area contributed by atoms with Crippen molar-refractivity contribution in [1.29, 1.82) is 0 Å². The SMILES string of the molecule is CCCCOCCCC.[CH3-].[Li+]. The summed E-state index contributed by atoms with van der Waals surface area (Å²) in [6.07, 6.45) is 4.91. The maximum absolute atomic E-state index is 5.31. The average molecular weight is 152 g/mol. The quantitative estimate of drug-likeness (QED) is 0.297. The molecule has 0 heterocycles. The van der Waals surface area contributed by atoms with E-state index in [4.69, 9.17) is 4.74 Å². The Balaban J connectivity index is -0.000000320. The second-order valence-corrected chi connectivity index (χ2v) is 2.32. The number of rotatable bonds is 6. The Hall–Kier alpha value is 0.557. The molecule has 0 aliphatic rings. The van der Waals surface area contributed by atoms with Crippen LogP contribution >= 0.6 is 0 Å². The van der Waals surface area contributed by atoms with Gasteiger partial charge >= 0.3 is 18.9 Å². The first kappa shape index (κ1) is 17.6. The molecule has 0 atom stereocenters. The first-order valence-electron chi connectivity index (χ1n) is 3.99. The van der Waals surface area contributed by atoms with Gasteiger partial charge < -0.3 is 12.2 Å². The van der Waals surface area contributed by atoms with Crippen LogP contribution in [-0.2, 0) is 4.74 Å². The first-order valence-corrected chi connectivity index (χ1v) is 3.99. The zero-order valence-corrected chi connectivity index (χ0v) is 8.65. The van der Waals surface area contributed by atoms with Crippen LogP contribution in [0.15, 0.2) is 0 Å². The molecule has 1 nitrogen and oxygen atoms in total. The van der Waals surface area contributed by atoms with E-state index in [0.29, 0.717) is 0 Å². The van der Waals surface area contributed by atoms with E-state index >= 15 is 0 Å². The third-order valence-electron chi connectivity index (χ3n) is 1.28. The molecule has 0 aliphatic carbocycles. The van der Waals surface area contributed by atoms with Gasteiger partial charge in [0, 0.05) is 13.2 Å². The molecule has 0 N–H and O–H groups in total. The van der Waals surface area contributed by atoms with Crippen LogP contribution in [-0.4, -0.2) is 13.2 Å². The van der Waals surface area contributed by atoms with Crippen molar-refractivity contribution < 1.29 is 23.6 Å². The Bertz CT molecular complexity index is 42.8. The Morgan fingerprint density at radius 1 is 0.909 bits per heavy atom. The van der Waals surface area contributed by atoms with Crippen LogP contribution < -0.4 is 18.9 Å². The molecular formula is C9H21LiO. The summed E-state index contributed by atoms with van der Waals surface area (Å²) < 4.78 is 5.31. The minimum atomic E-state index is 0. The van der Waals surface area contributed by atoms with Crippen LogP contribution in [0.4, 0.5) is 0 Å². The second kappa shape index (κ2) is 16.9. The van der Waals surface area contributed by atoms with Crippen molar-refractivity contribution in [3.8, 4) is 0 Å². The van der Waals surface area contributed by atoms with E-state index in [1.807, 2.05) is 0 Å². The van der Waals surface area contributed by atoms with E-state index in [1.54, 1.807) is 0 Å². The number of unbranched alkanes of at least 4 members (excludes halogenated alkanes) is 2. The summed E-state index contributed by atoms with van der Waals surface area (Å²) in [5, 5.41) is 0. The van der Waals surface area contributed by atoms with Crippen molar-refractivity contribution in [3.05, 3.63) is 7.43 Å². The normalized spacial score (nSPS) is 8.18. The molecule has 0 saturated heterocycles. The van der Waals surface area contributed by atoms with Gasteiger partial charge in [0.2, 0.25) is 0 Å². The van der Waals surface area contributed by atoms with E-state index in [1.165, 1.54) is 25.7 Å². The third-order valence-corrected chi connectivity index (χ3v) is 1.28. The van der Waals surface area contributed by atoms with E-state index in [0.717, 1.165) is 13.2 Å². The van der Waals surface area contributed by atoms with Crippen molar-refractivity contribution in [1.82, 2.24) is 0 Å². The summed E-state index contributed by atoms with van der Waals surface area (Å²) in [6, 6.07) is 0. The molecule has 0 aromatic rings. The molecular weight excluding hydrogens is 131 g/mol. The molecule has 0 aliphatic heterocycles. The fraction of sp³-hybridized carbons (Fsp3) is 0.889. The Morgan fingerprint density at radius 3 is 1.55 bits per heavy atom. The summed E-state index contributed by atoms with van der Waals surface area (Å²) >= 11 is 0. The van der Waals surface area contributed by atoms with Gasteiger partial charge in [0.15, 0.2) is 0 Å². The maximum Gasteiger partial charge on any atom is 1.00 e. The van der Waals surface area contributed by atoms with Crippen LogP contribution in [0.5, 0.6) is 0 Å². The summed E-state index contributed by atoms with van der Waals surface area (Å²) in [5.41, 5.74) is 0. The molecule has 0 aromatic carbocycles. The molecule has 11 heavy (non-hydrogen) atoms. The predicted molar refractivity (Wildman–Crippen MR) is 47.0 cm³/mol. The molecule has 0 unspecified atom stereocenters.